The Hall–Kier alpha value is -0.850. The van der Waals surface area contributed by atoms with Crippen LogP contribution in [0.4, 0.5) is 0 Å². The molecule has 1 aromatic carbocycles. The second-order valence-corrected chi connectivity index (χ2v) is 6.31. The molecule has 0 aliphatic carbocycles. The van der Waals surface area contributed by atoms with Gasteiger partial charge in [0.05, 0.1) is 6.61 Å². The predicted octanol–water partition coefficient (Wildman–Crippen LogP) is 2.17. The Morgan fingerprint density at radius 2 is 2.04 bits per heavy atom. The number of hydrogen-bond donors (Lipinski definition) is 1. The van der Waals surface area contributed by atoms with Gasteiger partial charge in [0.2, 0.25) is 5.91 Å². The van der Waals surface area contributed by atoms with Crippen LogP contribution in [0.15, 0.2) is 30.3 Å². The van der Waals surface area contributed by atoms with E-state index in [0.29, 0.717) is 12.5 Å². The third kappa shape index (κ3) is 7.50. The van der Waals surface area contributed by atoms with Gasteiger partial charge in [0, 0.05) is 33.3 Å². The number of methoxy groups -OCH3 is 1. The van der Waals surface area contributed by atoms with Crippen LogP contribution in [0.1, 0.15) is 18.9 Å². The first-order valence-electron chi connectivity index (χ1n) is 8.43. The molecule has 0 bridgehead atoms. The van der Waals surface area contributed by atoms with Crippen LogP contribution < -0.4 is 5.73 Å². The first-order valence-corrected chi connectivity index (χ1v) is 8.43. The Morgan fingerprint density at radius 1 is 1.36 bits per heavy atom. The summed E-state index contributed by atoms with van der Waals surface area (Å²) >= 11 is 0. The van der Waals surface area contributed by atoms with Gasteiger partial charge < -0.3 is 15.4 Å². The van der Waals surface area contributed by atoms with E-state index in [1.54, 1.807) is 7.11 Å². The van der Waals surface area contributed by atoms with E-state index in [2.05, 4.69) is 29.2 Å². The highest BCUT2D eigenvalue weighted by Gasteiger charge is 2.27. The number of carbonyl (C=O) groups is 1. The third-order valence-electron chi connectivity index (χ3n) is 4.45. The fourth-order valence-corrected chi connectivity index (χ4v) is 3.22. The molecule has 2 rings (SSSR count). The van der Waals surface area contributed by atoms with Gasteiger partial charge in [0.25, 0.3) is 0 Å². The van der Waals surface area contributed by atoms with Crippen LogP contribution in [0, 0.1) is 5.92 Å². The zero-order valence-corrected chi connectivity index (χ0v) is 16.7. The molecule has 1 heterocycles. The van der Waals surface area contributed by atoms with Crippen LogP contribution in [0.25, 0.3) is 0 Å². The number of nitrogens with two attached hydrogens (primary N) is 1. The smallest absolute Gasteiger partial charge is 0.241 e. The molecule has 2 unspecified atom stereocenters. The molecule has 5 nitrogen and oxygen atoms in total. The lowest BCUT2D eigenvalue weighted by molar-refractivity contribution is -0.134. The number of carbonyl (C=O) groups excluding carboxylic acids is 1. The zero-order valence-electron chi connectivity index (χ0n) is 15.1. The molecule has 1 saturated heterocycles. The molecular weight excluding hydrogens is 361 g/mol. The van der Waals surface area contributed by atoms with Gasteiger partial charge in [-0.2, -0.15) is 0 Å². The summed E-state index contributed by atoms with van der Waals surface area (Å²) in [6.45, 7) is 6.89. The molecule has 2 atom stereocenters. The number of likely N-dealkylation sites (N-methyl/N-ethyl adjacent to an activating group) is 1. The van der Waals surface area contributed by atoms with Gasteiger partial charge >= 0.3 is 0 Å². The molecule has 1 amide bonds. The molecule has 1 fully saturated rings. The second-order valence-electron chi connectivity index (χ2n) is 6.31. The lowest BCUT2D eigenvalue weighted by Gasteiger charge is -2.27. The van der Waals surface area contributed by atoms with Crippen LogP contribution in [0.3, 0.4) is 0 Å². The molecule has 0 aromatic heterocycles. The van der Waals surface area contributed by atoms with Crippen molar-refractivity contribution in [3.05, 3.63) is 35.9 Å². The molecule has 1 aliphatic heterocycles. The van der Waals surface area contributed by atoms with Gasteiger partial charge in [-0.05, 0) is 31.4 Å². The summed E-state index contributed by atoms with van der Waals surface area (Å²) in [7, 11) is 1.57. The summed E-state index contributed by atoms with van der Waals surface area (Å²) in [6, 6.07) is 9.99. The SMILES string of the molecule is CCN(CC1CCN(Cc2ccccc2)C1)C(=O)C(N)COC.Cl.Cl. The molecule has 0 radical (unpaired) electrons. The van der Waals surface area contributed by atoms with Gasteiger partial charge in [0.1, 0.15) is 6.04 Å². The highest BCUT2D eigenvalue weighted by Crippen LogP contribution is 2.20. The minimum absolute atomic E-state index is 0. The first kappa shape index (κ1) is 24.1. The van der Waals surface area contributed by atoms with Crippen LogP contribution in [-0.4, -0.2) is 61.6 Å². The zero-order chi connectivity index (χ0) is 16.7. The summed E-state index contributed by atoms with van der Waals surface area (Å²) in [6.07, 6.45) is 1.14. The minimum atomic E-state index is -0.554. The molecule has 25 heavy (non-hydrogen) atoms. The van der Waals surface area contributed by atoms with Crippen LogP contribution in [-0.2, 0) is 16.1 Å². The largest absolute Gasteiger partial charge is 0.383 e. The van der Waals surface area contributed by atoms with Crippen molar-refractivity contribution >= 4 is 30.7 Å². The van der Waals surface area contributed by atoms with Crippen molar-refractivity contribution in [2.45, 2.75) is 25.9 Å². The Kier molecular flexibility index (Phi) is 12.1. The Labute approximate surface area is 163 Å². The fourth-order valence-electron chi connectivity index (χ4n) is 3.22. The molecule has 0 saturated carbocycles. The van der Waals surface area contributed by atoms with Gasteiger partial charge in [-0.1, -0.05) is 30.3 Å². The van der Waals surface area contributed by atoms with E-state index >= 15 is 0 Å². The van der Waals surface area contributed by atoms with Crippen molar-refractivity contribution in [1.29, 1.82) is 0 Å². The first-order chi connectivity index (χ1) is 11.1. The highest BCUT2D eigenvalue weighted by atomic mass is 35.5. The van der Waals surface area contributed by atoms with Crippen molar-refractivity contribution in [2.75, 3.05) is 39.9 Å². The summed E-state index contributed by atoms with van der Waals surface area (Å²) < 4.78 is 4.99. The number of rotatable bonds is 8. The number of hydrogen-bond acceptors (Lipinski definition) is 4. The predicted molar refractivity (Wildman–Crippen MR) is 106 cm³/mol. The maximum atomic E-state index is 12.3. The van der Waals surface area contributed by atoms with Crippen molar-refractivity contribution in [3.8, 4) is 0 Å². The lowest BCUT2D eigenvalue weighted by Crippen LogP contribution is -2.47. The Balaban J connectivity index is 0.00000288. The maximum absolute atomic E-state index is 12.3. The van der Waals surface area contributed by atoms with Gasteiger partial charge in [-0.15, -0.1) is 24.8 Å². The summed E-state index contributed by atoms with van der Waals surface area (Å²) in [5.74, 6) is 0.521. The van der Waals surface area contributed by atoms with E-state index in [-0.39, 0.29) is 37.3 Å². The molecule has 7 heteroatoms. The molecular formula is C18H31Cl2N3O2. The van der Waals surface area contributed by atoms with Crippen molar-refractivity contribution in [3.63, 3.8) is 0 Å². The Morgan fingerprint density at radius 3 is 2.64 bits per heavy atom. The van der Waals surface area contributed by atoms with E-state index in [0.717, 1.165) is 32.6 Å². The van der Waals surface area contributed by atoms with E-state index in [1.807, 2.05) is 17.9 Å². The number of likely N-dealkylation sites (tertiary alicyclic amines) is 1. The van der Waals surface area contributed by atoms with Crippen LogP contribution >= 0.6 is 24.8 Å². The van der Waals surface area contributed by atoms with E-state index in [4.69, 9.17) is 10.5 Å². The van der Waals surface area contributed by atoms with E-state index in [1.165, 1.54) is 5.56 Å². The standard InChI is InChI=1S/C18H29N3O2.2ClH/c1-3-21(18(22)17(19)14-23-2)13-16-9-10-20(12-16)11-15-7-5-4-6-8-15;;/h4-8,16-17H,3,9-14,19H2,1-2H3;2*1H. The number of benzene rings is 1. The number of halogens is 2. The normalized spacial score (nSPS) is 18.1. The third-order valence-corrected chi connectivity index (χ3v) is 4.45. The number of nitrogens with zero attached hydrogens (tertiary/aromatic N) is 2. The molecule has 1 aliphatic rings. The summed E-state index contributed by atoms with van der Waals surface area (Å²) in [4.78, 5) is 16.7. The van der Waals surface area contributed by atoms with Gasteiger partial charge in [-0.3, -0.25) is 9.69 Å². The van der Waals surface area contributed by atoms with Crippen molar-refractivity contribution < 1.29 is 9.53 Å². The number of amides is 1. The Bertz CT molecular complexity index is 490. The average molecular weight is 392 g/mol. The van der Waals surface area contributed by atoms with Crippen molar-refractivity contribution in [1.82, 2.24) is 9.80 Å². The summed E-state index contributed by atoms with van der Waals surface area (Å²) in [5, 5.41) is 0. The minimum Gasteiger partial charge on any atom is -0.383 e. The molecule has 0 spiro atoms. The van der Waals surface area contributed by atoms with Crippen LogP contribution in [0.5, 0.6) is 0 Å². The molecule has 144 valence electrons. The number of ether oxygens (including phenoxy) is 1. The van der Waals surface area contributed by atoms with E-state index < -0.39 is 6.04 Å². The highest BCUT2D eigenvalue weighted by molar-refractivity contribution is 5.85. The maximum Gasteiger partial charge on any atom is 0.241 e. The lowest BCUT2D eigenvalue weighted by atomic mass is 10.1. The second kappa shape index (κ2) is 12.5. The monoisotopic (exact) mass is 391 g/mol. The van der Waals surface area contributed by atoms with E-state index in [9.17, 15) is 4.79 Å². The van der Waals surface area contributed by atoms with Crippen LogP contribution in [0.2, 0.25) is 0 Å². The van der Waals surface area contributed by atoms with Crippen molar-refractivity contribution in [2.24, 2.45) is 11.7 Å². The fraction of sp³-hybridized carbons (Fsp3) is 0.611. The quantitative estimate of drug-likeness (QED) is 0.737. The average Bonchev–Trinajstić information content (AvgIpc) is 3.00. The molecule has 2 N–H and O–H groups in total. The van der Waals surface area contributed by atoms with Gasteiger partial charge in [-0.25, -0.2) is 0 Å². The topological polar surface area (TPSA) is 58.8 Å². The molecule has 1 aromatic rings. The summed E-state index contributed by atoms with van der Waals surface area (Å²) in [5.41, 5.74) is 7.23. The van der Waals surface area contributed by atoms with Gasteiger partial charge in [0.15, 0.2) is 0 Å².